The molecule has 0 unspecified atom stereocenters. The zero-order valence-electron chi connectivity index (χ0n) is 19.8. The van der Waals surface area contributed by atoms with Gasteiger partial charge in [0.05, 0.1) is 42.2 Å². The van der Waals surface area contributed by atoms with E-state index >= 15 is 0 Å². The number of carbonyl (C=O) groups is 1. The summed E-state index contributed by atoms with van der Waals surface area (Å²) in [4.78, 5) is 20.0. The van der Waals surface area contributed by atoms with E-state index in [4.69, 9.17) is 9.47 Å². The molecule has 0 radical (unpaired) electrons. The van der Waals surface area contributed by atoms with Crippen molar-refractivity contribution >= 4 is 40.0 Å². The van der Waals surface area contributed by atoms with Crippen LogP contribution in [0.1, 0.15) is 32.9 Å². The van der Waals surface area contributed by atoms with Gasteiger partial charge in [-0.1, -0.05) is 12.1 Å². The number of H-pyrrole nitrogens is 1. The van der Waals surface area contributed by atoms with Crippen molar-refractivity contribution in [2.24, 2.45) is 0 Å². The molecule has 0 saturated heterocycles. The molecule has 4 aromatic rings. The normalized spacial score (nSPS) is 11.0. The monoisotopic (exact) mass is 478 g/mol. The molecule has 0 saturated carbocycles. The zero-order chi connectivity index (χ0) is 24.8. The lowest BCUT2D eigenvalue weighted by Crippen LogP contribution is -2.08. The highest BCUT2D eigenvalue weighted by molar-refractivity contribution is 5.85. The topological polar surface area (TPSA) is 114 Å². The van der Waals surface area contributed by atoms with E-state index in [2.05, 4.69) is 30.8 Å². The van der Waals surface area contributed by atoms with Gasteiger partial charge < -0.3 is 20.1 Å². The third-order valence-electron chi connectivity index (χ3n) is 5.02. The lowest BCUT2D eigenvalue weighted by Gasteiger charge is -2.15. The summed E-state index contributed by atoms with van der Waals surface area (Å²) in [6.07, 6.45) is 1.81. The van der Waals surface area contributed by atoms with E-state index in [0.29, 0.717) is 30.2 Å². The number of ether oxygens (including phenoxy) is 2. The third-order valence-corrected chi connectivity index (χ3v) is 5.02. The van der Waals surface area contributed by atoms with Gasteiger partial charge in [0.1, 0.15) is 5.75 Å². The quantitative estimate of drug-likeness (QED) is 0.264. The van der Waals surface area contributed by atoms with Gasteiger partial charge in [0.15, 0.2) is 11.6 Å². The van der Waals surface area contributed by atoms with E-state index in [0.717, 1.165) is 22.8 Å². The largest absolute Gasteiger partial charge is 0.489 e. The number of halogens is 1. The van der Waals surface area contributed by atoms with E-state index in [1.54, 1.807) is 19.1 Å². The molecule has 3 N–H and O–H groups in total. The van der Waals surface area contributed by atoms with Crippen molar-refractivity contribution in [1.29, 1.82) is 0 Å². The number of rotatable bonds is 10. The highest BCUT2D eigenvalue weighted by Crippen LogP contribution is 2.29. The molecular formula is C25H27FN6O3. The standard InChI is InChI=1S/C25H27FN6O3/c1-4-34-23(33)12-11-19-17-10-9-16(13-21(17)32-31-19)28-25-27-14-18(26)24(30-25)29-20-7-5-6-8-22(20)35-15(2)3/h5-10,13-15H,4,11-12H2,1-3H3,(H,31,32)(H2,27,28,29,30). The van der Waals surface area contributed by atoms with Gasteiger partial charge in [-0.3, -0.25) is 9.89 Å². The fourth-order valence-electron chi connectivity index (χ4n) is 3.50. The number of anilines is 4. The molecular weight excluding hydrogens is 451 g/mol. The Morgan fingerprint density at radius 2 is 2.00 bits per heavy atom. The summed E-state index contributed by atoms with van der Waals surface area (Å²) in [5.74, 6) is -0.00873. The van der Waals surface area contributed by atoms with Crippen LogP contribution in [0.5, 0.6) is 5.75 Å². The SMILES string of the molecule is CCOC(=O)CCc1n[nH]c2cc(Nc3ncc(F)c(Nc4ccccc4OC(C)C)n3)ccc12. The summed E-state index contributed by atoms with van der Waals surface area (Å²) in [6.45, 7) is 5.98. The van der Waals surface area contributed by atoms with Gasteiger partial charge in [-0.05, 0) is 51.1 Å². The number of hydrogen-bond donors (Lipinski definition) is 3. The summed E-state index contributed by atoms with van der Waals surface area (Å²) < 4.78 is 25.2. The molecule has 0 aliphatic carbocycles. The second-order valence-corrected chi connectivity index (χ2v) is 8.04. The minimum absolute atomic E-state index is 0.0196. The smallest absolute Gasteiger partial charge is 0.306 e. The van der Waals surface area contributed by atoms with Crippen LogP contribution in [0.15, 0.2) is 48.7 Å². The Hall–Kier alpha value is -4.21. The fourth-order valence-corrected chi connectivity index (χ4v) is 3.50. The van der Waals surface area contributed by atoms with Gasteiger partial charge in [0.25, 0.3) is 0 Å². The number of carbonyl (C=O) groups excluding carboxylic acids is 1. The van der Waals surface area contributed by atoms with Crippen LogP contribution in [0.2, 0.25) is 0 Å². The molecule has 0 aliphatic heterocycles. The van der Waals surface area contributed by atoms with E-state index in [1.807, 2.05) is 44.2 Å². The van der Waals surface area contributed by atoms with Crippen LogP contribution < -0.4 is 15.4 Å². The molecule has 0 bridgehead atoms. The molecule has 0 spiro atoms. The minimum atomic E-state index is -0.592. The number of nitrogens with zero attached hydrogens (tertiary/aromatic N) is 3. The van der Waals surface area contributed by atoms with Gasteiger partial charge in [0, 0.05) is 17.5 Å². The number of aromatic amines is 1. The Balaban J connectivity index is 1.50. The molecule has 0 fully saturated rings. The van der Waals surface area contributed by atoms with Crippen LogP contribution in [-0.4, -0.2) is 38.8 Å². The lowest BCUT2D eigenvalue weighted by molar-refractivity contribution is -0.143. The summed E-state index contributed by atoms with van der Waals surface area (Å²) in [5.41, 5.74) is 2.86. The highest BCUT2D eigenvalue weighted by Gasteiger charge is 2.13. The summed E-state index contributed by atoms with van der Waals surface area (Å²) >= 11 is 0. The van der Waals surface area contributed by atoms with Crippen molar-refractivity contribution in [3.8, 4) is 5.75 Å². The van der Waals surface area contributed by atoms with Crippen LogP contribution in [-0.2, 0) is 16.0 Å². The highest BCUT2D eigenvalue weighted by atomic mass is 19.1. The van der Waals surface area contributed by atoms with Crippen LogP contribution in [0.3, 0.4) is 0 Å². The van der Waals surface area contributed by atoms with Crippen molar-refractivity contribution in [1.82, 2.24) is 20.2 Å². The van der Waals surface area contributed by atoms with Gasteiger partial charge in [0.2, 0.25) is 5.95 Å². The number of para-hydroxylation sites is 2. The average Bonchev–Trinajstić information content (AvgIpc) is 3.23. The van der Waals surface area contributed by atoms with Gasteiger partial charge in [-0.2, -0.15) is 10.1 Å². The Morgan fingerprint density at radius 1 is 1.17 bits per heavy atom. The van der Waals surface area contributed by atoms with E-state index in [1.165, 1.54) is 0 Å². The first kappa shape index (κ1) is 23.9. The second-order valence-electron chi connectivity index (χ2n) is 8.04. The van der Waals surface area contributed by atoms with Gasteiger partial charge in [-0.15, -0.1) is 0 Å². The fraction of sp³-hybridized carbons (Fsp3) is 0.280. The van der Waals surface area contributed by atoms with E-state index in [9.17, 15) is 9.18 Å². The van der Waals surface area contributed by atoms with Crippen molar-refractivity contribution < 1.29 is 18.7 Å². The molecule has 10 heteroatoms. The maximum atomic E-state index is 14.5. The Morgan fingerprint density at radius 3 is 2.80 bits per heavy atom. The summed E-state index contributed by atoms with van der Waals surface area (Å²) in [5, 5.41) is 14.3. The van der Waals surface area contributed by atoms with Gasteiger partial charge >= 0.3 is 5.97 Å². The average molecular weight is 479 g/mol. The molecule has 0 aliphatic rings. The molecule has 0 amide bonds. The minimum Gasteiger partial charge on any atom is -0.489 e. The number of fused-ring (bicyclic) bond motifs is 1. The van der Waals surface area contributed by atoms with Crippen molar-refractivity contribution in [2.45, 2.75) is 39.7 Å². The molecule has 9 nitrogen and oxygen atoms in total. The molecule has 182 valence electrons. The predicted molar refractivity (Wildman–Crippen MR) is 132 cm³/mol. The van der Waals surface area contributed by atoms with Crippen LogP contribution in [0.4, 0.5) is 27.5 Å². The number of benzene rings is 2. The maximum absolute atomic E-state index is 14.5. The molecule has 2 heterocycles. The Kier molecular flexibility index (Phi) is 7.39. The maximum Gasteiger partial charge on any atom is 0.306 e. The first-order valence-electron chi connectivity index (χ1n) is 11.4. The first-order chi connectivity index (χ1) is 16.9. The predicted octanol–water partition coefficient (Wildman–Crippen LogP) is 5.26. The van der Waals surface area contributed by atoms with Crippen molar-refractivity contribution in [3.05, 3.63) is 60.2 Å². The molecule has 2 aromatic carbocycles. The van der Waals surface area contributed by atoms with Crippen LogP contribution in [0, 0.1) is 5.82 Å². The molecule has 2 aromatic heterocycles. The van der Waals surface area contributed by atoms with Gasteiger partial charge in [-0.25, -0.2) is 9.37 Å². The summed E-state index contributed by atoms with van der Waals surface area (Å²) in [7, 11) is 0. The van der Waals surface area contributed by atoms with E-state index in [-0.39, 0.29) is 30.3 Å². The van der Waals surface area contributed by atoms with E-state index < -0.39 is 5.82 Å². The molecule has 4 rings (SSSR count). The molecule has 0 atom stereocenters. The zero-order valence-corrected chi connectivity index (χ0v) is 19.8. The number of esters is 1. The Labute approximate surface area is 202 Å². The number of nitrogens with one attached hydrogen (secondary N) is 3. The number of hydrogen-bond acceptors (Lipinski definition) is 8. The van der Waals surface area contributed by atoms with Crippen molar-refractivity contribution in [2.75, 3.05) is 17.2 Å². The second kappa shape index (κ2) is 10.8. The Bertz CT molecular complexity index is 1320. The molecule has 35 heavy (non-hydrogen) atoms. The van der Waals surface area contributed by atoms with Crippen LogP contribution >= 0.6 is 0 Å². The first-order valence-corrected chi connectivity index (χ1v) is 11.4. The summed E-state index contributed by atoms with van der Waals surface area (Å²) in [6, 6.07) is 12.9. The van der Waals surface area contributed by atoms with Crippen LogP contribution in [0.25, 0.3) is 10.9 Å². The number of aryl methyl sites for hydroxylation is 1. The number of aromatic nitrogens is 4. The lowest BCUT2D eigenvalue weighted by atomic mass is 10.1. The van der Waals surface area contributed by atoms with Crippen molar-refractivity contribution in [3.63, 3.8) is 0 Å². The third kappa shape index (κ3) is 6.03.